The molecule has 12 nitrogen and oxygen atoms in total. The topological polar surface area (TPSA) is 146 Å². The highest BCUT2D eigenvalue weighted by atomic mass is 32.2. The third kappa shape index (κ3) is 7.31. The first kappa shape index (κ1) is 30.0. The van der Waals surface area contributed by atoms with Gasteiger partial charge in [0.2, 0.25) is 16.8 Å². The van der Waals surface area contributed by atoms with Gasteiger partial charge in [0.05, 0.1) is 37.5 Å². The van der Waals surface area contributed by atoms with Crippen molar-refractivity contribution < 1.29 is 27.8 Å². The fourth-order valence-corrected chi connectivity index (χ4v) is 5.70. The molecular formula is C30H34N6O6S. The number of amides is 1. The van der Waals surface area contributed by atoms with Gasteiger partial charge in [0.25, 0.3) is 0 Å². The number of carbonyl (C=O) groups excluding carboxylic acids is 1. The number of nitrogens with one attached hydrogen (secondary N) is 2. The first-order valence-corrected chi connectivity index (χ1v) is 14.9. The highest BCUT2D eigenvalue weighted by molar-refractivity contribution is 7.74. The lowest BCUT2D eigenvalue weighted by atomic mass is 9.99. The number of ether oxygens (including phenoxy) is 2. The van der Waals surface area contributed by atoms with Gasteiger partial charge in [-0.05, 0) is 55.6 Å². The molecule has 1 atom stereocenters. The van der Waals surface area contributed by atoms with Crippen LogP contribution in [0.25, 0.3) is 11.0 Å². The number of aliphatic hydroxyl groups excluding tert-OH is 1. The molecule has 5 rings (SSSR count). The Morgan fingerprint density at radius 1 is 1.00 bits per heavy atom. The van der Waals surface area contributed by atoms with Gasteiger partial charge in [-0.1, -0.05) is 18.2 Å². The molecule has 0 bridgehead atoms. The van der Waals surface area contributed by atoms with Crippen molar-refractivity contribution in [3.8, 4) is 11.5 Å². The number of hydrogen-bond donors (Lipinski definition) is 4. The van der Waals surface area contributed by atoms with Crippen LogP contribution in [0.2, 0.25) is 0 Å². The van der Waals surface area contributed by atoms with E-state index in [-0.39, 0.29) is 42.3 Å². The number of nitrogens with zero attached hydrogens (tertiary/aromatic N) is 4. The molecule has 0 aliphatic carbocycles. The number of hydrogen-bond acceptors (Lipinski definition) is 10. The fourth-order valence-electron chi connectivity index (χ4n) is 5.10. The lowest BCUT2D eigenvalue weighted by molar-refractivity contribution is -0.117. The van der Waals surface area contributed by atoms with Crippen molar-refractivity contribution in [2.24, 2.45) is 5.92 Å². The molecule has 1 aliphatic rings. The van der Waals surface area contributed by atoms with Gasteiger partial charge >= 0.3 is 0 Å². The molecule has 0 radical (unpaired) electrons. The molecule has 3 aromatic carbocycles. The summed E-state index contributed by atoms with van der Waals surface area (Å²) in [5, 5.41) is 15.6. The molecule has 13 heteroatoms. The third-order valence-electron chi connectivity index (χ3n) is 7.13. The largest absolute Gasteiger partial charge is 0.497 e. The number of thiol groups is 1. The summed E-state index contributed by atoms with van der Waals surface area (Å²) >= 11 is 0. The minimum absolute atomic E-state index is 0.0448. The second-order valence-corrected chi connectivity index (χ2v) is 11.1. The highest BCUT2D eigenvalue weighted by Gasteiger charge is 2.23. The van der Waals surface area contributed by atoms with E-state index in [9.17, 15) is 18.3 Å². The Labute approximate surface area is 251 Å². The fraction of sp³-hybridized carbons (Fsp3) is 0.300. The number of anilines is 5. The summed E-state index contributed by atoms with van der Waals surface area (Å²) in [7, 11) is -0.167. The van der Waals surface area contributed by atoms with E-state index in [0.29, 0.717) is 40.5 Å². The average Bonchev–Trinajstić information content (AvgIpc) is 3.01. The molecule has 43 heavy (non-hydrogen) atoms. The van der Waals surface area contributed by atoms with Crippen molar-refractivity contribution in [3.63, 3.8) is 0 Å². The molecule has 1 unspecified atom stereocenters. The van der Waals surface area contributed by atoms with Crippen LogP contribution in [0.1, 0.15) is 12.8 Å². The number of benzene rings is 3. The van der Waals surface area contributed by atoms with Crippen LogP contribution in [-0.2, 0) is 15.7 Å². The van der Waals surface area contributed by atoms with Gasteiger partial charge in [0.1, 0.15) is 11.5 Å². The molecule has 1 aliphatic heterocycles. The molecule has 3 N–H and O–H groups in total. The molecule has 1 aromatic heterocycles. The Kier molecular flexibility index (Phi) is 9.55. The van der Waals surface area contributed by atoms with Crippen molar-refractivity contribution in [2.45, 2.75) is 12.8 Å². The maximum absolute atomic E-state index is 12.9. The van der Waals surface area contributed by atoms with Gasteiger partial charge in [0.15, 0.2) is 11.6 Å². The van der Waals surface area contributed by atoms with Gasteiger partial charge in [-0.3, -0.25) is 9.69 Å². The standard InChI is InChI=1S/C30H34N6O6S/c1-41-24-14-22(15-25(16-24)42-2)32-29-30(34-27-11-4-3-10-26(27)33-29)36(43(39)40)23-9-5-8-21(13-23)31-28(38)18-35-12-6-7-20(17-35)19-37/h3-5,8-11,13-16,20,37,43H,6-7,12,17-19H2,1-2H3,(H,31,38)(H,32,33). The Hall–Kier alpha value is -4.46. The van der Waals surface area contributed by atoms with Gasteiger partial charge in [-0.25, -0.2) is 22.7 Å². The SMILES string of the molecule is COc1cc(Nc2nc3ccccc3nc2N(c2cccc(NC(=O)CN3CCCC(CO)C3)c2)[SH](=O)=O)cc(OC)c1. The molecule has 2 heterocycles. The first-order chi connectivity index (χ1) is 20.9. The maximum Gasteiger partial charge on any atom is 0.238 e. The van der Waals surface area contributed by atoms with Crippen LogP contribution in [-0.4, -0.2) is 74.8 Å². The number of para-hydroxylation sites is 2. The second kappa shape index (κ2) is 13.7. The Morgan fingerprint density at radius 2 is 1.72 bits per heavy atom. The summed E-state index contributed by atoms with van der Waals surface area (Å²) < 4.78 is 37.4. The minimum atomic E-state index is -3.24. The predicted molar refractivity (Wildman–Crippen MR) is 166 cm³/mol. The molecule has 0 spiro atoms. The first-order valence-electron chi connectivity index (χ1n) is 13.8. The molecule has 1 saturated heterocycles. The zero-order valence-corrected chi connectivity index (χ0v) is 24.8. The molecule has 226 valence electrons. The van der Waals surface area contributed by atoms with E-state index in [1.165, 1.54) is 14.2 Å². The summed E-state index contributed by atoms with van der Waals surface area (Å²) in [6.07, 6.45) is 1.87. The number of rotatable bonds is 11. The van der Waals surface area contributed by atoms with E-state index in [4.69, 9.17) is 14.5 Å². The van der Waals surface area contributed by atoms with Crippen molar-refractivity contribution in [2.75, 3.05) is 55.4 Å². The van der Waals surface area contributed by atoms with Crippen LogP contribution in [0.15, 0.2) is 66.7 Å². The number of likely N-dealkylation sites (tertiary alicyclic amines) is 1. The van der Waals surface area contributed by atoms with Gasteiger partial charge < -0.3 is 25.2 Å². The van der Waals surface area contributed by atoms with Gasteiger partial charge in [0, 0.05) is 42.7 Å². The van der Waals surface area contributed by atoms with Crippen LogP contribution < -0.4 is 24.4 Å². The van der Waals surface area contributed by atoms with Crippen LogP contribution in [0, 0.1) is 5.92 Å². The number of aromatic nitrogens is 2. The Bertz CT molecular complexity index is 1650. The van der Waals surface area contributed by atoms with E-state index in [0.717, 1.165) is 23.7 Å². The van der Waals surface area contributed by atoms with Crippen molar-refractivity contribution in [3.05, 3.63) is 66.7 Å². The predicted octanol–water partition coefficient (Wildman–Crippen LogP) is 3.70. The number of methoxy groups -OCH3 is 2. The summed E-state index contributed by atoms with van der Waals surface area (Å²) in [4.78, 5) is 24.3. The van der Waals surface area contributed by atoms with Crippen LogP contribution in [0.4, 0.5) is 28.7 Å². The van der Waals surface area contributed by atoms with E-state index in [1.807, 2.05) is 11.0 Å². The monoisotopic (exact) mass is 606 g/mol. The number of fused-ring (bicyclic) bond motifs is 1. The van der Waals surface area contributed by atoms with Crippen molar-refractivity contribution >= 4 is 56.5 Å². The van der Waals surface area contributed by atoms with Crippen LogP contribution in [0.3, 0.4) is 0 Å². The summed E-state index contributed by atoms with van der Waals surface area (Å²) in [6, 6.07) is 18.9. The van der Waals surface area contributed by atoms with Crippen molar-refractivity contribution in [1.29, 1.82) is 0 Å². The second-order valence-electron chi connectivity index (χ2n) is 10.2. The summed E-state index contributed by atoms with van der Waals surface area (Å²) in [5.74, 6) is 1.23. The van der Waals surface area contributed by atoms with E-state index in [1.54, 1.807) is 60.7 Å². The minimum Gasteiger partial charge on any atom is -0.497 e. The normalized spacial score (nSPS) is 15.3. The lowest BCUT2D eigenvalue weighted by Gasteiger charge is -2.31. The Balaban J connectivity index is 1.47. The number of aliphatic hydroxyl groups is 1. The molecular weight excluding hydrogens is 572 g/mol. The molecule has 0 saturated carbocycles. The summed E-state index contributed by atoms with van der Waals surface area (Å²) in [6.45, 7) is 1.71. The van der Waals surface area contributed by atoms with Crippen LogP contribution >= 0.6 is 0 Å². The molecule has 4 aromatic rings. The molecule has 1 amide bonds. The zero-order valence-electron chi connectivity index (χ0n) is 23.9. The van der Waals surface area contributed by atoms with Gasteiger partial charge in [-0.2, -0.15) is 0 Å². The van der Waals surface area contributed by atoms with E-state index < -0.39 is 10.9 Å². The van der Waals surface area contributed by atoms with Gasteiger partial charge in [-0.15, -0.1) is 0 Å². The third-order valence-corrected chi connectivity index (χ3v) is 7.88. The highest BCUT2D eigenvalue weighted by Crippen LogP contribution is 2.35. The van der Waals surface area contributed by atoms with Crippen molar-refractivity contribution in [1.82, 2.24) is 14.9 Å². The molecule has 1 fully saturated rings. The maximum atomic E-state index is 12.9. The zero-order chi connectivity index (χ0) is 30.3. The van der Waals surface area contributed by atoms with E-state index in [2.05, 4.69) is 15.6 Å². The Morgan fingerprint density at radius 3 is 2.40 bits per heavy atom. The average molecular weight is 607 g/mol. The lowest BCUT2D eigenvalue weighted by Crippen LogP contribution is -2.41. The summed E-state index contributed by atoms with van der Waals surface area (Å²) in [5.41, 5.74) is 2.31. The van der Waals surface area contributed by atoms with E-state index >= 15 is 0 Å². The number of carbonyl (C=O) groups is 1. The van der Waals surface area contributed by atoms with Crippen LogP contribution in [0.5, 0.6) is 11.5 Å². The number of piperidine rings is 1. The smallest absolute Gasteiger partial charge is 0.238 e. The quantitative estimate of drug-likeness (QED) is 0.187.